The number of carbonyl (C=O) groups excluding carboxylic acids is 1. The first kappa shape index (κ1) is 24.0. The van der Waals surface area contributed by atoms with Gasteiger partial charge in [0.25, 0.3) is 0 Å². The van der Waals surface area contributed by atoms with Gasteiger partial charge >= 0.3 is 12.1 Å². The number of hydrogen-bond donors (Lipinski definition) is 4. The maximum atomic E-state index is 13.8. The van der Waals surface area contributed by atoms with Crippen LogP contribution in [0.2, 0.25) is 0 Å². The standard InChI is InChI=1S/C21H21F3O8/c1-30-19(29)12-4-2-3-10(7-12)11-5-6-14(13(8-11)21(22,23)24)31-20-18(28)17(27)16(26)15(9-25)32-20/h2-8,15-18,20,25-28H,9H2,1H3. The van der Waals surface area contributed by atoms with Crippen molar-refractivity contribution in [2.24, 2.45) is 0 Å². The molecule has 5 atom stereocenters. The molecule has 0 radical (unpaired) electrons. The van der Waals surface area contributed by atoms with Gasteiger partial charge in [-0.1, -0.05) is 18.2 Å². The maximum Gasteiger partial charge on any atom is 0.419 e. The fourth-order valence-corrected chi connectivity index (χ4v) is 3.27. The van der Waals surface area contributed by atoms with Gasteiger partial charge in [-0.3, -0.25) is 0 Å². The molecule has 0 saturated carbocycles. The Hall–Kier alpha value is -2.70. The molecule has 1 saturated heterocycles. The van der Waals surface area contributed by atoms with Crippen molar-refractivity contribution in [3.8, 4) is 16.9 Å². The molecular formula is C21H21F3O8. The van der Waals surface area contributed by atoms with Crippen molar-refractivity contribution in [2.75, 3.05) is 13.7 Å². The van der Waals surface area contributed by atoms with Gasteiger partial charge in [0.2, 0.25) is 6.29 Å². The summed E-state index contributed by atoms with van der Waals surface area (Å²) in [5, 5.41) is 38.9. The highest BCUT2D eigenvalue weighted by Gasteiger charge is 2.45. The number of hydrogen-bond acceptors (Lipinski definition) is 8. The zero-order valence-corrected chi connectivity index (χ0v) is 16.7. The second kappa shape index (κ2) is 9.43. The molecular weight excluding hydrogens is 437 g/mol. The molecule has 174 valence electrons. The molecule has 11 heteroatoms. The van der Waals surface area contributed by atoms with Crippen molar-refractivity contribution in [3.63, 3.8) is 0 Å². The van der Waals surface area contributed by atoms with Crippen LogP contribution in [0.5, 0.6) is 5.75 Å². The number of esters is 1. The molecule has 1 heterocycles. The lowest BCUT2D eigenvalue weighted by molar-refractivity contribution is -0.278. The number of rotatable bonds is 5. The van der Waals surface area contributed by atoms with E-state index < -0.39 is 60.8 Å². The lowest BCUT2D eigenvalue weighted by atomic mass is 9.99. The van der Waals surface area contributed by atoms with Gasteiger partial charge in [-0.15, -0.1) is 0 Å². The minimum atomic E-state index is -4.86. The molecule has 1 aliphatic heterocycles. The van der Waals surface area contributed by atoms with E-state index in [2.05, 4.69) is 4.74 Å². The third-order valence-electron chi connectivity index (χ3n) is 4.99. The molecule has 3 rings (SSSR count). The third kappa shape index (κ3) is 4.87. The molecule has 2 aromatic carbocycles. The normalized spacial score (nSPS) is 25.9. The van der Waals surface area contributed by atoms with Crippen LogP contribution in [0.4, 0.5) is 13.2 Å². The first-order valence-electron chi connectivity index (χ1n) is 9.44. The van der Waals surface area contributed by atoms with E-state index in [1.165, 1.54) is 37.4 Å². The summed E-state index contributed by atoms with van der Waals surface area (Å²) < 4.78 is 56.2. The largest absolute Gasteiger partial charge is 0.465 e. The summed E-state index contributed by atoms with van der Waals surface area (Å²) in [7, 11) is 1.18. The topological polar surface area (TPSA) is 126 Å². The van der Waals surface area contributed by atoms with Crippen LogP contribution < -0.4 is 4.74 Å². The van der Waals surface area contributed by atoms with E-state index in [0.717, 1.165) is 12.1 Å². The highest BCUT2D eigenvalue weighted by atomic mass is 19.4. The average molecular weight is 458 g/mol. The van der Waals surface area contributed by atoms with Crippen LogP contribution in [0.3, 0.4) is 0 Å². The minimum Gasteiger partial charge on any atom is -0.465 e. The van der Waals surface area contributed by atoms with E-state index in [4.69, 9.17) is 9.47 Å². The predicted octanol–water partition coefficient (Wildman–Crippen LogP) is 1.34. The Morgan fingerprint density at radius 2 is 1.72 bits per heavy atom. The van der Waals surface area contributed by atoms with Crippen LogP contribution in [-0.4, -0.2) is 70.8 Å². The molecule has 1 aliphatic rings. The zero-order valence-electron chi connectivity index (χ0n) is 16.7. The molecule has 0 aliphatic carbocycles. The Bertz CT molecular complexity index is 962. The van der Waals surface area contributed by atoms with Crippen LogP contribution >= 0.6 is 0 Å². The van der Waals surface area contributed by atoms with Gasteiger partial charge in [0.15, 0.2) is 0 Å². The van der Waals surface area contributed by atoms with Gasteiger partial charge in [-0.05, 0) is 35.4 Å². The second-order valence-electron chi connectivity index (χ2n) is 7.10. The van der Waals surface area contributed by atoms with Gasteiger partial charge in [-0.2, -0.15) is 13.2 Å². The average Bonchev–Trinajstić information content (AvgIpc) is 2.78. The maximum absolute atomic E-state index is 13.8. The minimum absolute atomic E-state index is 0.129. The van der Waals surface area contributed by atoms with Crippen molar-refractivity contribution in [3.05, 3.63) is 53.6 Å². The van der Waals surface area contributed by atoms with Crippen molar-refractivity contribution in [1.29, 1.82) is 0 Å². The van der Waals surface area contributed by atoms with Gasteiger partial charge in [0.1, 0.15) is 30.2 Å². The first-order chi connectivity index (χ1) is 15.1. The Labute approximate surface area is 180 Å². The molecule has 1 fully saturated rings. The lowest BCUT2D eigenvalue weighted by Crippen LogP contribution is -2.60. The molecule has 0 spiro atoms. The fourth-order valence-electron chi connectivity index (χ4n) is 3.27. The Kier molecular flexibility index (Phi) is 7.06. The number of methoxy groups -OCH3 is 1. The van der Waals surface area contributed by atoms with E-state index in [1.807, 2.05) is 0 Å². The molecule has 0 amide bonds. The van der Waals surface area contributed by atoms with Crippen molar-refractivity contribution >= 4 is 5.97 Å². The lowest BCUT2D eigenvalue weighted by Gasteiger charge is -2.39. The quantitative estimate of drug-likeness (QED) is 0.495. The van der Waals surface area contributed by atoms with Crippen molar-refractivity contribution in [2.45, 2.75) is 36.9 Å². The van der Waals surface area contributed by atoms with Crippen LogP contribution in [-0.2, 0) is 15.7 Å². The number of aliphatic hydroxyl groups is 4. The van der Waals surface area contributed by atoms with Crippen LogP contribution in [0.1, 0.15) is 15.9 Å². The highest BCUT2D eigenvalue weighted by Crippen LogP contribution is 2.40. The van der Waals surface area contributed by atoms with E-state index >= 15 is 0 Å². The van der Waals surface area contributed by atoms with Gasteiger partial charge in [-0.25, -0.2) is 4.79 Å². The van der Waals surface area contributed by atoms with Gasteiger partial charge in [0.05, 0.1) is 24.8 Å². The monoisotopic (exact) mass is 458 g/mol. The zero-order chi connectivity index (χ0) is 23.6. The SMILES string of the molecule is COC(=O)c1cccc(-c2ccc(OC3OC(CO)C(O)C(O)C3O)c(C(F)(F)F)c2)c1. The molecule has 32 heavy (non-hydrogen) atoms. The molecule has 8 nitrogen and oxygen atoms in total. The van der Waals surface area contributed by atoms with Gasteiger partial charge < -0.3 is 34.6 Å². The fraction of sp³-hybridized carbons (Fsp3) is 0.381. The Morgan fingerprint density at radius 3 is 2.34 bits per heavy atom. The predicted molar refractivity (Wildman–Crippen MR) is 103 cm³/mol. The number of carbonyl (C=O) groups is 1. The second-order valence-corrected chi connectivity index (χ2v) is 7.10. The van der Waals surface area contributed by atoms with Gasteiger partial charge in [0, 0.05) is 0 Å². The van der Waals surface area contributed by atoms with Crippen LogP contribution in [0.25, 0.3) is 11.1 Å². The van der Waals surface area contributed by atoms with E-state index in [1.54, 1.807) is 0 Å². The summed E-state index contributed by atoms with van der Waals surface area (Å²) in [6.45, 7) is -0.758. The molecule has 5 unspecified atom stereocenters. The summed E-state index contributed by atoms with van der Waals surface area (Å²) in [4.78, 5) is 11.7. The van der Waals surface area contributed by atoms with Crippen molar-refractivity contribution < 1.29 is 52.6 Å². The number of alkyl halides is 3. The van der Waals surface area contributed by atoms with Crippen molar-refractivity contribution in [1.82, 2.24) is 0 Å². The Balaban J connectivity index is 1.96. The third-order valence-corrected chi connectivity index (χ3v) is 4.99. The number of aliphatic hydroxyl groups excluding tert-OH is 4. The summed E-state index contributed by atoms with van der Waals surface area (Å²) in [6, 6.07) is 8.95. The van der Waals surface area contributed by atoms with E-state index in [0.29, 0.717) is 5.56 Å². The summed E-state index contributed by atoms with van der Waals surface area (Å²) in [5.41, 5.74) is -0.599. The summed E-state index contributed by atoms with van der Waals surface area (Å²) >= 11 is 0. The first-order valence-corrected chi connectivity index (χ1v) is 9.44. The van der Waals surface area contributed by atoms with E-state index in [9.17, 15) is 38.4 Å². The van der Waals surface area contributed by atoms with E-state index in [-0.39, 0.29) is 11.1 Å². The molecule has 0 aromatic heterocycles. The smallest absolute Gasteiger partial charge is 0.419 e. The number of halogens is 3. The highest BCUT2D eigenvalue weighted by molar-refractivity contribution is 5.91. The summed E-state index contributed by atoms with van der Waals surface area (Å²) in [6.07, 6.45) is -13.3. The number of benzene rings is 2. The number of ether oxygens (including phenoxy) is 3. The Morgan fingerprint density at radius 1 is 1.03 bits per heavy atom. The molecule has 2 aromatic rings. The van der Waals surface area contributed by atoms with Crippen LogP contribution in [0.15, 0.2) is 42.5 Å². The summed E-state index contributed by atoms with van der Waals surface area (Å²) in [5.74, 6) is -1.35. The molecule has 4 N–H and O–H groups in total. The molecule has 0 bridgehead atoms. The van der Waals surface area contributed by atoms with Crippen LogP contribution in [0, 0.1) is 0 Å².